The monoisotopic (exact) mass is 262 g/mol. The lowest BCUT2D eigenvalue weighted by atomic mass is 10.0. The Morgan fingerprint density at radius 3 is 1.89 bits per heavy atom. The molecule has 0 radical (unpaired) electrons. The van der Waals surface area contributed by atoms with Crippen LogP contribution in [0.2, 0.25) is 0 Å². The highest BCUT2D eigenvalue weighted by molar-refractivity contribution is 5.49. The smallest absolute Gasteiger partial charge is 0.0368 e. The molecule has 1 unspecified atom stereocenters. The zero-order chi connectivity index (χ0) is 14.4. The van der Waals surface area contributed by atoms with Crippen molar-refractivity contribution in [2.24, 2.45) is 11.7 Å². The molecule has 0 fully saturated rings. The van der Waals surface area contributed by atoms with Crippen molar-refractivity contribution in [3.63, 3.8) is 0 Å². The second-order valence-electron chi connectivity index (χ2n) is 5.90. The molecule has 2 heteroatoms. The fourth-order valence-electron chi connectivity index (χ4n) is 2.56. The van der Waals surface area contributed by atoms with Crippen LogP contribution in [0.3, 0.4) is 0 Å². The number of benzene rings is 1. The lowest BCUT2D eigenvalue weighted by Crippen LogP contribution is -2.37. The van der Waals surface area contributed by atoms with E-state index in [9.17, 15) is 0 Å². The zero-order valence-electron chi connectivity index (χ0n) is 13.2. The van der Waals surface area contributed by atoms with Crippen LogP contribution in [0.4, 0.5) is 5.69 Å². The minimum Gasteiger partial charge on any atom is -0.368 e. The lowest BCUT2D eigenvalue weighted by molar-refractivity contribution is 0.507. The summed E-state index contributed by atoms with van der Waals surface area (Å²) in [6, 6.07) is 9.51. The standard InChI is InChI=1S/C17H30N2/c1-6-16(7-2)19(12-13(3)4)17-10-8-15(9-11-17)14(5)18/h8-11,13-14,16H,6-7,12,18H2,1-5H3. The van der Waals surface area contributed by atoms with Crippen molar-refractivity contribution >= 4 is 5.69 Å². The van der Waals surface area contributed by atoms with Crippen molar-refractivity contribution in [3.8, 4) is 0 Å². The van der Waals surface area contributed by atoms with E-state index in [0.717, 1.165) is 6.54 Å². The third kappa shape index (κ3) is 4.54. The van der Waals surface area contributed by atoms with Crippen LogP contribution in [-0.4, -0.2) is 12.6 Å². The molecular weight excluding hydrogens is 232 g/mol. The first-order chi connectivity index (χ1) is 8.99. The van der Waals surface area contributed by atoms with Gasteiger partial charge in [-0.25, -0.2) is 0 Å². The summed E-state index contributed by atoms with van der Waals surface area (Å²) in [5.74, 6) is 0.675. The van der Waals surface area contributed by atoms with E-state index < -0.39 is 0 Å². The molecular formula is C17H30N2. The molecule has 0 saturated carbocycles. The maximum Gasteiger partial charge on any atom is 0.0368 e. The van der Waals surface area contributed by atoms with E-state index in [1.807, 2.05) is 6.92 Å². The molecule has 2 nitrogen and oxygen atoms in total. The van der Waals surface area contributed by atoms with Crippen LogP contribution in [0, 0.1) is 5.92 Å². The van der Waals surface area contributed by atoms with Crippen molar-refractivity contribution in [2.45, 2.75) is 59.5 Å². The average Bonchev–Trinajstić information content (AvgIpc) is 2.38. The second kappa shape index (κ2) is 7.54. The fourth-order valence-corrected chi connectivity index (χ4v) is 2.56. The number of anilines is 1. The predicted octanol–water partition coefficient (Wildman–Crippen LogP) is 4.36. The molecule has 1 atom stereocenters. The first kappa shape index (κ1) is 16.0. The molecule has 0 aromatic heterocycles. The second-order valence-corrected chi connectivity index (χ2v) is 5.90. The highest BCUT2D eigenvalue weighted by Gasteiger charge is 2.17. The van der Waals surface area contributed by atoms with E-state index in [0.29, 0.717) is 12.0 Å². The van der Waals surface area contributed by atoms with Gasteiger partial charge in [0, 0.05) is 24.3 Å². The average molecular weight is 262 g/mol. The molecule has 1 aromatic carbocycles. The Kier molecular flexibility index (Phi) is 6.36. The third-order valence-electron chi connectivity index (χ3n) is 3.70. The van der Waals surface area contributed by atoms with Gasteiger partial charge in [-0.3, -0.25) is 0 Å². The van der Waals surface area contributed by atoms with E-state index >= 15 is 0 Å². The fraction of sp³-hybridized carbons (Fsp3) is 0.647. The highest BCUT2D eigenvalue weighted by atomic mass is 15.2. The van der Waals surface area contributed by atoms with Crippen molar-refractivity contribution in [2.75, 3.05) is 11.4 Å². The van der Waals surface area contributed by atoms with Crippen LogP contribution in [0.25, 0.3) is 0 Å². The van der Waals surface area contributed by atoms with Gasteiger partial charge in [0.05, 0.1) is 0 Å². The summed E-state index contributed by atoms with van der Waals surface area (Å²) < 4.78 is 0. The summed E-state index contributed by atoms with van der Waals surface area (Å²) in [6.07, 6.45) is 2.39. The van der Waals surface area contributed by atoms with Crippen LogP contribution in [0.5, 0.6) is 0 Å². The SMILES string of the molecule is CCC(CC)N(CC(C)C)c1ccc(C(C)N)cc1. The number of rotatable bonds is 7. The van der Waals surface area contributed by atoms with E-state index in [1.165, 1.54) is 24.1 Å². The Balaban J connectivity index is 2.96. The molecule has 19 heavy (non-hydrogen) atoms. The van der Waals surface area contributed by atoms with Gasteiger partial charge in [-0.15, -0.1) is 0 Å². The molecule has 0 heterocycles. The normalized spacial score (nSPS) is 13.1. The Hall–Kier alpha value is -1.02. The summed E-state index contributed by atoms with van der Waals surface area (Å²) in [5, 5.41) is 0. The first-order valence-electron chi connectivity index (χ1n) is 7.61. The number of hydrogen-bond acceptors (Lipinski definition) is 2. The predicted molar refractivity (Wildman–Crippen MR) is 85.6 cm³/mol. The summed E-state index contributed by atoms with van der Waals surface area (Å²) >= 11 is 0. The van der Waals surface area contributed by atoms with Gasteiger partial charge < -0.3 is 10.6 Å². The first-order valence-corrected chi connectivity index (χ1v) is 7.61. The van der Waals surface area contributed by atoms with Gasteiger partial charge in [-0.05, 0) is 43.4 Å². The van der Waals surface area contributed by atoms with Crippen molar-refractivity contribution < 1.29 is 0 Å². The zero-order valence-corrected chi connectivity index (χ0v) is 13.2. The molecule has 0 aliphatic heterocycles. The van der Waals surface area contributed by atoms with Gasteiger partial charge in [-0.2, -0.15) is 0 Å². The van der Waals surface area contributed by atoms with E-state index in [4.69, 9.17) is 5.73 Å². The minimum atomic E-state index is 0.112. The maximum atomic E-state index is 5.92. The van der Waals surface area contributed by atoms with Crippen LogP contribution in [0.15, 0.2) is 24.3 Å². The van der Waals surface area contributed by atoms with Gasteiger partial charge in [0.1, 0.15) is 0 Å². The van der Waals surface area contributed by atoms with Crippen molar-refractivity contribution in [3.05, 3.63) is 29.8 Å². The Bertz CT molecular complexity index is 350. The topological polar surface area (TPSA) is 29.3 Å². The summed E-state index contributed by atoms with van der Waals surface area (Å²) in [7, 11) is 0. The van der Waals surface area contributed by atoms with Gasteiger partial charge in [0.25, 0.3) is 0 Å². The van der Waals surface area contributed by atoms with E-state index in [2.05, 4.69) is 56.9 Å². The molecule has 0 amide bonds. The quantitative estimate of drug-likeness (QED) is 0.791. The molecule has 2 N–H and O–H groups in total. The molecule has 1 aromatic rings. The minimum absolute atomic E-state index is 0.112. The van der Waals surface area contributed by atoms with E-state index in [-0.39, 0.29) is 6.04 Å². The molecule has 0 aliphatic rings. The number of hydrogen-bond donors (Lipinski definition) is 1. The van der Waals surface area contributed by atoms with Gasteiger partial charge in [-0.1, -0.05) is 39.8 Å². The Morgan fingerprint density at radius 1 is 1.00 bits per heavy atom. The van der Waals surface area contributed by atoms with Crippen LogP contribution >= 0.6 is 0 Å². The van der Waals surface area contributed by atoms with Crippen molar-refractivity contribution in [1.82, 2.24) is 0 Å². The maximum absolute atomic E-state index is 5.92. The molecule has 0 saturated heterocycles. The van der Waals surface area contributed by atoms with Gasteiger partial charge in [0.15, 0.2) is 0 Å². The van der Waals surface area contributed by atoms with Crippen LogP contribution in [-0.2, 0) is 0 Å². The summed E-state index contributed by atoms with van der Waals surface area (Å²) in [6.45, 7) is 12.3. The largest absolute Gasteiger partial charge is 0.368 e. The third-order valence-corrected chi connectivity index (χ3v) is 3.70. The number of nitrogens with zero attached hydrogens (tertiary/aromatic N) is 1. The van der Waals surface area contributed by atoms with Crippen LogP contribution in [0.1, 0.15) is 59.1 Å². The highest BCUT2D eigenvalue weighted by Crippen LogP contribution is 2.23. The molecule has 0 bridgehead atoms. The molecule has 1 rings (SSSR count). The lowest BCUT2D eigenvalue weighted by Gasteiger charge is -2.34. The molecule has 0 aliphatic carbocycles. The summed E-state index contributed by atoms with van der Waals surface area (Å²) in [4.78, 5) is 2.55. The Labute approximate surface area is 119 Å². The molecule has 0 spiro atoms. The van der Waals surface area contributed by atoms with Crippen LogP contribution < -0.4 is 10.6 Å². The van der Waals surface area contributed by atoms with E-state index in [1.54, 1.807) is 0 Å². The summed E-state index contributed by atoms with van der Waals surface area (Å²) in [5.41, 5.74) is 8.45. The van der Waals surface area contributed by atoms with Gasteiger partial charge in [0.2, 0.25) is 0 Å². The number of nitrogens with two attached hydrogens (primary N) is 1. The van der Waals surface area contributed by atoms with Crippen molar-refractivity contribution in [1.29, 1.82) is 0 Å². The van der Waals surface area contributed by atoms with Gasteiger partial charge >= 0.3 is 0 Å². The molecule has 108 valence electrons. The Morgan fingerprint density at radius 2 is 1.53 bits per heavy atom.